The van der Waals surface area contributed by atoms with Crippen molar-refractivity contribution in [3.8, 4) is 5.75 Å². The Kier molecular flexibility index (Phi) is 6.18. The first kappa shape index (κ1) is 14.5. The molecule has 0 saturated heterocycles. The monoisotopic (exact) mass is 252 g/mol. The molecule has 1 unspecified atom stereocenters. The summed E-state index contributed by atoms with van der Waals surface area (Å²) < 4.78 is 10.1. The molecule has 1 aromatic rings. The third-order valence-electron chi connectivity index (χ3n) is 2.57. The number of carbonyl (C=O) groups is 1. The van der Waals surface area contributed by atoms with Crippen molar-refractivity contribution < 1.29 is 14.3 Å². The molecule has 0 saturated carbocycles. The van der Waals surface area contributed by atoms with E-state index < -0.39 is 0 Å². The van der Waals surface area contributed by atoms with Crippen LogP contribution in [0.25, 0.3) is 0 Å². The Balaban J connectivity index is 2.61. The minimum atomic E-state index is -0.131. The van der Waals surface area contributed by atoms with E-state index in [0.717, 1.165) is 5.75 Å². The maximum atomic E-state index is 12.0. The number of nitrogens with two attached hydrogens (primary N) is 1. The Hall–Kier alpha value is -1.59. The number of hydrogen-bond acceptors (Lipinski definition) is 4. The third-order valence-corrected chi connectivity index (χ3v) is 2.57. The second-order valence-electron chi connectivity index (χ2n) is 3.93. The summed E-state index contributed by atoms with van der Waals surface area (Å²) in [4.78, 5) is 12.0. The highest BCUT2D eigenvalue weighted by molar-refractivity contribution is 5.94. The molecule has 0 fully saturated rings. The maximum Gasteiger partial charge on any atom is 0.251 e. The molecule has 3 N–H and O–H groups in total. The van der Waals surface area contributed by atoms with Gasteiger partial charge in [0.25, 0.3) is 5.91 Å². The highest BCUT2D eigenvalue weighted by atomic mass is 16.5. The predicted molar refractivity (Wildman–Crippen MR) is 69.8 cm³/mol. The summed E-state index contributed by atoms with van der Waals surface area (Å²) in [6.45, 7) is 0.968. The molecule has 0 aliphatic rings. The van der Waals surface area contributed by atoms with Crippen molar-refractivity contribution in [3.63, 3.8) is 0 Å². The maximum absolute atomic E-state index is 12.0. The Morgan fingerprint density at radius 1 is 1.33 bits per heavy atom. The quantitative estimate of drug-likeness (QED) is 0.752. The summed E-state index contributed by atoms with van der Waals surface area (Å²) in [6, 6.07) is 6.89. The van der Waals surface area contributed by atoms with Crippen molar-refractivity contribution in [2.45, 2.75) is 12.5 Å². The van der Waals surface area contributed by atoms with E-state index in [9.17, 15) is 4.79 Å². The predicted octanol–water partition coefficient (Wildman–Crippen LogP) is 0.789. The van der Waals surface area contributed by atoms with Crippen LogP contribution in [0, 0.1) is 0 Å². The molecule has 18 heavy (non-hydrogen) atoms. The fraction of sp³-hybridized carbons (Fsp3) is 0.462. The lowest BCUT2D eigenvalue weighted by Crippen LogP contribution is -2.39. The van der Waals surface area contributed by atoms with Crippen molar-refractivity contribution in [3.05, 3.63) is 29.8 Å². The van der Waals surface area contributed by atoms with Crippen LogP contribution < -0.4 is 15.8 Å². The van der Waals surface area contributed by atoms with Gasteiger partial charge in [0.15, 0.2) is 0 Å². The van der Waals surface area contributed by atoms with Gasteiger partial charge in [-0.05, 0) is 37.2 Å². The van der Waals surface area contributed by atoms with Gasteiger partial charge in [-0.15, -0.1) is 0 Å². The molecular weight excluding hydrogens is 232 g/mol. The number of methoxy groups -OCH3 is 2. The fourth-order valence-electron chi connectivity index (χ4n) is 1.61. The zero-order valence-corrected chi connectivity index (χ0v) is 10.8. The Labute approximate surface area is 107 Å². The average molecular weight is 252 g/mol. The smallest absolute Gasteiger partial charge is 0.251 e. The molecule has 0 aromatic heterocycles. The van der Waals surface area contributed by atoms with Crippen LogP contribution in [-0.2, 0) is 4.74 Å². The standard InChI is InChI=1S/C13H20N2O3/c1-17-9-11(7-8-14)15-13(16)10-3-5-12(18-2)6-4-10/h3-6,11H,7-9,14H2,1-2H3,(H,15,16). The van der Waals surface area contributed by atoms with Crippen LogP contribution >= 0.6 is 0 Å². The Bertz CT molecular complexity index is 359. The zero-order chi connectivity index (χ0) is 13.4. The van der Waals surface area contributed by atoms with E-state index in [2.05, 4.69) is 5.32 Å². The summed E-state index contributed by atoms with van der Waals surface area (Å²) >= 11 is 0. The van der Waals surface area contributed by atoms with E-state index in [-0.39, 0.29) is 11.9 Å². The normalized spacial score (nSPS) is 11.9. The van der Waals surface area contributed by atoms with Gasteiger partial charge in [0, 0.05) is 12.7 Å². The number of benzene rings is 1. The van der Waals surface area contributed by atoms with E-state index >= 15 is 0 Å². The molecule has 0 spiro atoms. The zero-order valence-electron chi connectivity index (χ0n) is 10.8. The molecule has 0 radical (unpaired) electrons. The second kappa shape index (κ2) is 7.68. The van der Waals surface area contributed by atoms with E-state index in [1.165, 1.54) is 0 Å². The number of hydrogen-bond donors (Lipinski definition) is 2. The van der Waals surface area contributed by atoms with Crippen molar-refractivity contribution in [2.24, 2.45) is 5.73 Å². The minimum Gasteiger partial charge on any atom is -0.497 e. The van der Waals surface area contributed by atoms with Gasteiger partial charge < -0.3 is 20.5 Å². The molecular formula is C13H20N2O3. The van der Waals surface area contributed by atoms with Crippen molar-refractivity contribution in [1.29, 1.82) is 0 Å². The van der Waals surface area contributed by atoms with Gasteiger partial charge in [0.1, 0.15) is 5.75 Å². The lowest BCUT2D eigenvalue weighted by Gasteiger charge is -2.17. The Morgan fingerprint density at radius 2 is 2.00 bits per heavy atom. The number of ether oxygens (including phenoxy) is 2. The van der Waals surface area contributed by atoms with Gasteiger partial charge >= 0.3 is 0 Å². The lowest BCUT2D eigenvalue weighted by molar-refractivity contribution is 0.0893. The van der Waals surface area contributed by atoms with Crippen LogP contribution in [0.1, 0.15) is 16.8 Å². The number of rotatable bonds is 7. The summed E-state index contributed by atoms with van der Waals surface area (Å²) in [7, 11) is 3.19. The Morgan fingerprint density at radius 3 is 2.50 bits per heavy atom. The van der Waals surface area contributed by atoms with Gasteiger partial charge in [0.2, 0.25) is 0 Å². The van der Waals surface area contributed by atoms with Crippen LogP contribution in [0.5, 0.6) is 5.75 Å². The van der Waals surface area contributed by atoms with Gasteiger partial charge in [-0.25, -0.2) is 0 Å². The van der Waals surface area contributed by atoms with Gasteiger partial charge in [-0.2, -0.15) is 0 Å². The van der Waals surface area contributed by atoms with Crippen LogP contribution in [0.15, 0.2) is 24.3 Å². The lowest BCUT2D eigenvalue weighted by atomic mass is 10.1. The second-order valence-corrected chi connectivity index (χ2v) is 3.93. The van der Waals surface area contributed by atoms with Gasteiger partial charge in [-0.3, -0.25) is 4.79 Å². The highest BCUT2D eigenvalue weighted by Crippen LogP contribution is 2.11. The number of carbonyl (C=O) groups excluding carboxylic acids is 1. The van der Waals surface area contributed by atoms with Crippen molar-refractivity contribution in [2.75, 3.05) is 27.4 Å². The van der Waals surface area contributed by atoms with Crippen molar-refractivity contribution in [1.82, 2.24) is 5.32 Å². The molecule has 5 nitrogen and oxygen atoms in total. The van der Waals surface area contributed by atoms with Crippen LogP contribution in [0.4, 0.5) is 0 Å². The molecule has 0 aliphatic carbocycles. The molecule has 0 aliphatic heterocycles. The van der Waals surface area contributed by atoms with Gasteiger partial charge in [-0.1, -0.05) is 0 Å². The first-order valence-corrected chi connectivity index (χ1v) is 5.85. The van der Waals surface area contributed by atoms with E-state index in [4.69, 9.17) is 15.2 Å². The van der Waals surface area contributed by atoms with E-state index in [1.54, 1.807) is 38.5 Å². The molecule has 1 amide bonds. The molecule has 1 aromatic carbocycles. The van der Waals surface area contributed by atoms with Crippen LogP contribution in [0.3, 0.4) is 0 Å². The SMILES string of the molecule is COCC(CCN)NC(=O)c1ccc(OC)cc1. The summed E-state index contributed by atoms with van der Waals surface area (Å²) in [5, 5.41) is 2.89. The molecule has 1 atom stereocenters. The topological polar surface area (TPSA) is 73.6 Å². The van der Waals surface area contributed by atoms with Crippen LogP contribution in [0.2, 0.25) is 0 Å². The molecule has 0 heterocycles. The van der Waals surface area contributed by atoms with Crippen LogP contribution in [-0.4, -0.2) is 39.3 Å². The summed E-state index contributed by atoms with van der Waals surface area (Å²) in [5.41, 5.74) is 6.08. The fourth-order valence-corrected chi connectivity index (χ4v) is 1.61. The van der Waals surface area contributed by atoms with E-state index in [1.807, 2.05) is 0 Å². The molecule has 5 heteroatoms. The van der Waals surface area contributed by atoms with Gasteiger partial charge in [0.05, 0.1) is 19.8 Å². The molecule has 100 valence electrons. The van der Waals surface area contributed by atoms with Crippen molar-refractivity contribution >= 4 is 5.91 Å². The van der Waals surface area contributed by atoms with E-state index in [0.29, 0.717) is 25.1 Å². The molecule has 0 bridgehead atoms. The summed E-state index contributed by atoms with van der Waals surface area (Å²) in [5.74, 6) is 0.593. The minimum absolute atomic E-state index is 0.0606. The first-order valence-electron chi connectivity index (χ1n) is 5.85. The molecule has 1 rings (SSSR count). The largest absolute Gasteiger partial charge is 0.497 e. The first-order chi connectivity index (χ1) is 8.71. The highest BCUT2D eigenvalue weighted by Gasteiger charge is 2.12. The average Bonchev–Trinajstić information content (AvgIpc) is 2.39. The third kappa shape index (κ3) is 4.35. The number of nitrogens with one attached hydrogen (secondary N) is 1. The summed E-state index contributed by atoms with van der Waals surface area (Å²) in [6.07, 6.45) is 0.690. The number of amides is 1.